The minimum atomic E-state index is -3.65. The van der Waals surface area contributed by atoms with E-state index in [1.807, 2.05) is 6.92 Å². The minimum absolute atomic E-state index is 0.00266. The predicted octanol–water partition coefficient (Wildman–Crippen LogP) is 1.15. The second-order valence-electron chi connectivity index (χ2n) is 5.10. The smallest absolute Gasteiger partial charge is 0.235 e. The summed E-state index contributed by atoms with van der Waals surface area (Å²) in [6.45, 7) is 3.42. The molecule has 2 rings (SSSR count). The fourth-order valence-electron chi connectivity index (χ4n) is 2.25. The molecule has 1 aliphatic heterocycles. The standard InChI is InChI=1S/C15H21NO5S/c1-2-20-12-5-7-14(8-6-12)22(18,19)11-15(17)16-10-13-4-3-9-21-13/h5-8,13H,2-4,9-11H2,1H3,(H,16,17)/t13-/m0/s1. The van der Waals surface area contributed by atoms with Gasteiger partial charge in [-0.05, 0) is 44.0 Å². The van der Waals surface area contributed by atoms with Gasteiger partial charge < -0.3 is 14.8 Å². The molecule has 1 saturated heterocycles. The zero-order chi connectivity index (χ0) is 16.0. The van der Waals surface area contributed by atoms with E-state index < -0.39 is 21.5 Å². The van der Waals surface area contributed by atoms with Crippen LogP contribution in [-0.2, 0) is 19.4 Å². The maximum atomic E-state index is 12.2. The van der Waals surface area contributed by atoms with Crippen molar-refractivity contribution in [2.75, 3.05) is 25.5 Å². The number of sulfone groups is 1. The molecule has 0 radical (unpaired) electrons. The summed E-state index contributed by atoms with van der Waals surface area (Å²) in [4.78, 5) is 11.9. The van der Waals surface area contributed by atoms with E-state index >= 15 is 0 Å². The van der Waals surface area contributed by atoms with E-state index in [2.05, 4.69) is 5.32 Å². The number of rotatable bonds is 7. The molecular weight excluding hydrogens is 306 g/mol. The summed E-state index contributed by atoms with van der Waals surface area (Å²) in [5.41, 5.74) is 0. The van der Waals surface area contributed by atoms with Crippen LogP contribution in [0.4, 0.5) is 0 Å². The number of nitrogens with one attached hydrogen (secondary N) is 1. The lowest BCUT2D eigenvalue weighted by molar-refractivity contribution is -0.119. The zero-order valence-electron chi connectivity index (χ0n) is 12.6. The number of carbonyl (C=O) groups is 1. The highest BCUT2D eigenvalue weighted by Gasteiger charge is 2.21. The summed E-state index contributed by atoms with van der Waals surface area (Å²) in [5, 5.41) is 2.61. The van der Waals surface area contributed by atoms with Crippen LogP contribution in [0.3, 0.4) is 0 Å². The van der Waals surface area contributed by atoms with Crippen LogP contribution in [0.25, 0.3) is 0 Å². The molecule has 22 heavy (non-hydrogen) atoms. The van der Waals surface area contributed by atoms with Gasteiger partial charge in [-0.1, -0.05) is 0 Å². The second-order valence-corrected chi connectivity index (χ2v) is 7.09. The molecule has 1 atom stereocenters. The highest BCUT2D eigenvalue weighted by atomic mass is 32.2. The fourth-order valence-corrected chi connectivity index (χ4v) is 3.41. The number of hydrogen-bond acceptors (Lipinski definition) is 5. The van der Waals surface area contributed by atoms with E-state index in [4.69, 9.17) is 9.47 Å². The van der Waals surface area contributed by atoms with Crippen molar-refractivity contribution in [3.8, 4) is 5.75 Å². The maximum absolute atomic E-state index is 12.2. The van der Waals surface area contributed by atoms with Gasteiger partial charge in [0.05, 0.1) is 17.6 Å². The highest BCUT2D eigenvalue weighted by Crippen LogP contribution is 2.17. The average molecular weight is 327 g/mol. The largest absolute Gasteiger partial charge is 0.494 e. The molecule has 1 aliphatic rings. The van der Waals surface area contributed by atoms with Crippen molar-refractivity contribution in [1.82, 2.24) is 5.32 Å². The van der Waals surface area contributed by atoms with Crippen LogP contribution in [0, 0.1) is 0 Å². The second kappa shape index (κ2) is 7.60. The average Bonchev–Trinajstić information content (AvgIpc) is 2.99. The van der Waals surface area contributed by atoms with Gasteiger partial charge in [0, 0.05) is 13.2 Å². The topological polar surface area (TPSA) is 81.7 Å². The lowest BCUT2D eigenvalue weighted by atomic mass is 10.2. The van der Waals surface area contributed by atoms with Gasteiger partial charge in [0.2, 0.25) is 5.91 Å². The van der Waals surface area contributed by atoms with Gasteiger partial charge in [0.1, 0.15) is 11.5 Å². The van der Waals surface area contributed by atoms with E-state index in [0.29, 0.717) is 25.5 Å². The van der Waals surface area contributed by atoms with E-state index in [1.165, 1.54) is 12.1 Å². The number of ether oxygens (including phenoxy) is 2. The quantitative estimate of drug-likeness (QED) is 0.812. The Morgan fingerprint density at radius 3 is 2.68 bits per heavy atom. The Morgan fingerprint density at radius 1 is 1.36 bits per heavy atom. The van der Waals surface area contributed by atoms with Crippen molar-refractivity contribution >= 4 is 15.7 Å². The van der Waals surface area contributed by atoms with Crippen LogP contribution < -0.4 is 10.1 Å². The minimum Gasteiger partial charge on any atom is -0.494 e. The Labute approximate surface area is 130 Å². The van der Waals surface area contributed by atoms with Gasteiger partial charge >= 0.3 is 0 Å². The van der Waals surface area contributed by atoms with Crippen molar-refractivity contribution in [3.05, 3.63) is 24.3 Å². The maximum Gasteiger partial charge on any atom is 0.235 e. The first-order valence-electron chi connectivity index (χ1n) is 7.35. The Hall–Kier alpha value is -1.60. The van der Waals surface area contributed by atoms with Crippen molar-refractivity contribution in [2.45, 2.75) is 30.8 Å². The van der Waals surface area contributed by atoms with E-state index in [9.17, 15) is 13.2 Å². The first-order chi connectivity index (χ1) is 10.5. The molecule has 0 bridgehead atoms. The normalized spacial score (nSPS) is 18.1. The molecule has 1 amide bonds. The number of carbonyl (C=O) groups excluding carboxylic acids is 1. The lowest BCUT2D eigenvalue weighted by Crippen LogP contribution is -2.35. The molecule has 0 unspecified atom stereocenters. The van der Waals surface area contributed by atoms with Crippen molar-refractivity contribution in [2.24, 2.45) is 0 Å². The Kier molecular flexibility index (Phi) is 5.79. The molecule has 0 aliphatic carbocycles. The van der Waals surface area contributed by atoms with Gasteiger partial charge in [-0.3, -0.25) is 4.79 Å². The molecule has 1 N–H and O–H groups in total. The third-order valence-corrected chi connectivity index (χ3v) is 5.00. The van der Waals surface area contributed by atoms with Gasteiger partial charge in [0.25, 0.3) is 0 Å². The Bertz CT molecular complexity index is 591. The molecule has 6 nitrogen and oxygen atoms in total. The fraction of sp³-hybridized carbons (Fsp3) is 0.533. The van der Waals surface area contributed by atoms with Crippen LogP contribution in [-0.4, -0.2) is 45.9 Å². The highest BCUT2D eigenvalue weighted by molar-refractivity contribution is 7.92. The molecule has 1 heterocycles. The van der Waals surface area contributed by atoms with Crippen LogP contribution >= 0.6 is 0 Å². The monoisotopic (exact) mass is 327 g/mol. The molecule has 122 valence electrons. The predicted molar refractivity (Wildman–Crippen MR) is 81.6 cm³/mol. The molecule has 1 aromatic rings. The molecular formula is C15H21NO5S. The zero-order valence-corrected chi connectivity index (χ0v) is 13.4. The lowest BCUT2D eigenvalue weighted by Gasteiger charge is -2.11. The third-order valence-electron chi connectivity index (χ3n) is 3.37. The molecule has 0 spiro atoms. The van der Waals surface area contributed by atoms with Crippen LogP contribution in [0.5, 0.6) is 5.75 Å². The molecule has 0 aromatic heterocycles. The van der Waals surface area contributed by atoms with Crippen LogP contribution in [0.15, 0.2) is 29.2 Å². The van der Waals surface area contributed by atoms with Gasteiger partial charge in [-0.2, -0.15) is 0 Å². The van der Waals surface area contributed by atoms with E-state index in [1.54, 1.807) is 12.1 Å². The Morgan fingerprint density at radius 2 is 2.09 bits per heavy atom. The van der Waals surface area contributed by atoms with Crippen LogP contribution in [0.1, 0.15) is 19.8 Å². The summed E-state index contributed by atoms with van der Waals surface area (Å²) >= 11 is 0. The first kappa shape index (κ1) is 16.8. The van der Waals surface area contributed by atoms with Crippen LogP contribution in [0.2, 0.25) is 0 Å². The summed E-state index contributed by atoms with van der Waals surface area (Å²) in [5.74, 6) is -0.470. The first-order valence-corrected chi connectivity index (χ1v) is 9.00. The summed E-state index contributed by atoms with van der Waals surface area (Å²) in [6, 6.07) is 6.07. The van der Waals surface area contributed by atoms with Gasteiger partial charge in [-0.15, -0.1) is 0 Å². The summed E-state index contributed by atoms with van der Waals surface area (Å²) in [7, 11) is -3.65. The number of amides is 1. The molecule has 0 saturated carbocycles. The Balaban J connectivity index is 1.90. The SMILES string of the molecule is CCOc1ccc(S(=O)(=O)CC(=O)NC[C@@H]2CCCO2)cc1. The van der Waals surface area contributed by atoms with Gasteiger partial charge in [0.15, 0.2) is 9.84 Å². The number of benzene rings is 1. The summed E-state index contributed by atoms with van der Waals surface area (Å²) < 4.78 is 35.0. The van der Waals surface area contributed by atoms with Crippen molar-refractivity contribution in [1.29, 1.82) is 0 Å². The number of hydrogen-bond donors (Lipinski definition) is 1. The molecule has 7 heteroatoms. The van der Waals surface area contributed by atoms with Gasteiger partial charge in [-0.25, -0.2) is 8.42 Å². The summed E-state index contributed by atoms with van der Waals surface area (Å²) in [6.07, 6.45) is 1.87. The molecule has 1 fully saturated rings. The van der Waals surface area contributed by atoms with Crippen molar-refractivity contribution < 1.29 is 22.7 Å². The van der Waals surface area contributed by atoms with E-state index in [-0.39, 0.29) is 11.0 Å². The van der Waals surface area contributed by atoms with E-state index in [0.717, 1.165) is 12.8 Å². The molecule has 1 aromatic carbocycles. The third kappa shape index (κ3) is 4.71. The van der Waals surface area contributed by atoms with Crippen molar-refractivity contribution in [3.63, 3.8) is 0 Å².